The Balaban J connectivity index is 2.03. The molecule has 1 N–H and O–H groups in total. The van der Waals surface area contributed by atoms with Gasteiger partial charge in [0.25, 0.3) is 5.91 Å². The number of rotatable bonds is 5. The van der Waals surface area contributed by atoms with Gasteiger partial charge < -0.3 is 4.74 Å². The van der Waals surface area contributed by atoms with Gasteiger partial charge in [-0.15, -0.1) is 0 Å². The van der Waals surface area contributed by atoms with Crippen molar-refractivity contribution in [2.45, 2.75) is 33.1 Å². The summed E-state index contributed by atoms with van der Waals surface area (Å²) in [4.78, 5) is 12.2. The van der Waals surface area contributed by atoms with Crippen LogP contribution in [0.25, 0.3) is 0 Å². The quantitative estimate of drug-likeness (QED) is 0.663. The van der Waals surface area contributed by atoms with E-state index in [1.807, 2.05) is 55.5 Å². The van der Waals surface area contributed by atoms with E-state index in [1.165, 1.54) is 5.56 Å². The average Bonchev–Trinajstić information content (AvgIpc) is 2.56. The van der Waals surface area contributed by atoms with Gasteiger partial charge in [-0.2, -0.15) is 5.10 Å². The number of nitrogens with one attached hydrogen (secondary N) is 1. The zero-order valence-electron chi connectivity index (χ0n) is 14.7. The van der Waals surface area contributed by atoms with Crippen molar-refractivity contribution >= 4 is 12.1 Å². The molecule has 0 spiro atoms. The predicted octanol–water partition coefficient (Wildman–Crippen LogP) is 4.15. The molecule has 126 valence electrons. The molecule has 24 heavy (non-hydrogen) atoms. The Morgan fingerprint density at radius 1 is 1.12 bits per heavy atom. The summed E-state index contributed by atoms with van der Waals surface area (Å²) in [6, 6.07) is 15.1. The molecule has 2 aromatic rings. The van der Waals surface area contributed by atoms with E-state index in [-0.39, 0.29) is 11.3 Å². The first kappa shape index (κ1) is 17.7. The molecule has 0 aliphatic heterocycles. The molecule has 0 radical (unpaired) electrons. The number of benzene rings is 2. The number of nitrogens with zero attached hydrogens (tertiary/aromatic N) is 1. The summed E-state index contributed by atoms with van der Waals surface area (Å²) in [7, 11) is 0. The molecule has 0 heterocycles. The van der Waals surface area contributed by atoms with Crippen LogP contribution in [-0.4, -0.2) is 18.7 Å². The molecule has 1 amide bonds. The normalized spacial score (nSPS) is 11.5. The van der Waals surface area contributed by atoms with Gasteiger partial charge in [0.2, 0.25) is 0 Å². The number of para-hydroxylation sites is 1. The second-order valence-electron chi connectivity index (χ2n) is 6.50. The Kier molecular flexibility index (Phi) is 5.74. The lowest BCUT2D eigenvalue weighted by molar-refractivity contribution is 0.0955. The van der Waals surface area contributed by atoms with Crippen molar-refractivity contribution in [1.29, 1.82) is 0 Å². The highest BCUT2D eigenvalue weighted by molar-refractivity contribution is 5.95. The maximum Gasteiger partial charge on any atom is 0.271 e. The summed E-state index contributed by atoms with van der Waals surface area (Å²) < 4.78 is 5.52. The van der Waals surface area contributed by atoms with Crippen LogP contribution in [0.3, 0.4) is 0 Å². The lowest BCUT2D eigenvalue weighted by Crippen LogP contribution is -2.18. The van der Waals surface area contributed by atoms with Gasteiger partial charge in [0.1, 0.15) is 5.75 Å². The highest BCUT2D eigenvalue weighted by Gasteiger charge is 2.14. The van der Waals surface area contributed by atoms with E-state index in [1.54, 1.807) is 6.21 Å². The van der Waals surface area contributed by atoms with Crippen LogP contribution in [0.5, 0.6) is 5.75 Å². The van der Waals surface area contributed by atoms with Gasteiger partial charge in [-0.25, -0.2) is 5.43 Å². The molecule has 0 saturated heterocycles. The fourth-order valence-corrected chi connectivity index (χ4v) is 2.22. The summed E-state index contributed by atoms with van der Waals surface area (Å²) >= 11 is 0. The van der Waals surface area contributed by atoms with Crippen LogP contribution >= 0.6 is 0 Å². The van der Waals surface area contributed by atoms with E-state index in [0.717, 1.165) is 11.3 Å². The highest BCUT2D eigenvalue weighted by atomic mass is 16.5. The summed E-state index contributed by atoms with van der Waals surface area (Å²) in [6.45, 7) is 8.93. The van der Waals surface area contributed by atoms with E-state index in [4.69, 9.17) is 4.74 Å². The highest BCUT2D eigenvalue weighted by Crippen LogP contribution is 2.22. The monoisotopic (exact) mass is 324 g/mol. The summed E-state index contributed by atoms with van der Waals surface area (Å²) in [5.41, 5.74) is 5.21. The first-order valence-electron chi connectivity index (χ1n) is 8.07. The third-order valence-corrected chi connectivity index (χ3v) is 3.60. The van der Waals surface area contributed by atoms with E-state index < -0.39 is 0 Å². The van der Waals surface area contributed by atoms with Crippen LogP contribution in [0.4, 0.5) is 0 Å². The largest absolute Gasteiger partial charge is 0.493 e. The second kappa shape index (κ2) is 7.77. The molecular weight excluding hydrogens is 300 g/mol. The van der Waals surface area contributed by atoms with Crippen LogP contribution in [0.1, 0.15) is 49.2 Å². The Hall–Kier alpha value is -2.62. The third kappa shape index (κ3) is 4.69. The van der Waals surface area contributed by atoms with Crippen LogP contribution < -0.4 is 10.2 Å². The maximum atomic E-state index is 12.2. The van der Waals surface area contributed by atoms with Crippen molar-refractivity contribution in [3.8, 4) is 5.75 Å². The van der Waals surface area contributed by atoms with Crippen LogP contribution in [0, 0.1) is 0 Å². The number of carbonyl (C=O) groups excluding carboxylic acids is 1. The average molecular weight is 324 g/mol. The van der Waals surface area contributed by atoms with Crippen molar-refractivity contribution in [3.63, 3.8) is 0 Å². The SMILES string of the molecule is CCOc1ccccc1/C=N/NC(=O)c1ccc(C(C)(C)C)cc1. The number of carbonyl (C=O) groups is 1. The van der Waals surface area contributed by atoms with E-state index >= 15 is 0 Å². The first-order chi connectivity index (χ1) is 11.4. The molecule has 0 saturated carbocycles. The standard InChI is InChI=1S/C20H24N2O2/c1-5-24-18-9-7-6-8-16(18)14-21-22-19(23)15-10-12-17(13-11-15)20(2,3)4/h6-14H,5H2,1-4H3,(H,22,23)/b21-14+. The van der Waals surface area contributed by atoms with Gasteiger partial charge in [0.15, 0.2) is 0 Å². The lowest BCUT2D eigenvalue weighted by Gasteiger charge is -2.18. The third-order valence-electron chi connectivity index (χ3n) is 3.60. The van der Waals surface area contributed by atoms with E-state index in [2.05, 4.69) is 31.3 Å². The smallest absolute Gasteiger partial charge is 0.271 e. The molecule has 0 aromatic heterocycles. The van der Waals surface area contributed by atoms with Crippen molar-refractivity contribution in [1.82, 2.24) is 5.43 Å². The number of hydrazone groups is 1. The molecule has 2 aromatic carbocycles. The van der Waals surface area contributed by atoms with Crippen LogP contribution in [0.15, 0.2) is 53.6 Å². The number of hydrogen-bond acceptors (Lipinski definition) is 3. The van der Waals surface area contributed by atoms with Gasteiger partial charge >= 0.3 is 0 Å². The molecule has 0 aliphatic rings. The lowest BCUT2D eigenvalue weighted by atomic mass is 9.87. The number of ether oxygens (including phenoxy) is 1. The van der Waals surface area contributed by atoms with Gasteiger partial charge in [-0.1, -0.05) is 45.0 Å². The number of amides is 1. The fourth-order valence-electron chi connectivity index (χ4n) is 2.22. The van der Waals surface area contributed by atoms with Gasteiger partial charge in [0.05, 0.1) is 12.8 Å². The van der Waals surface area contributed by atoms with Gasteiger partial charge in [-0.3, -0.25) is 4.79 Å². The van der Waals surface area contributed by atoms with Crippen LogP contribution in [-0.2, 0) is 5.41 Å². The minimum absolute atomic E-state index is 0.0656. The molecule has 0 fully saturated rings. The zero-order valence-corrected chi connectivity index (χ0v) is 14.7. The fraction of sp³-hybridized carbons (Fsp3) is 0.300. The summed E-state index contributed by atoms with van der Waals surface area (Å²) in [5.74, 6) is 0.508. The van der Waals surface area contributed by atoms with Crippen molar-refractivity contribution < 1.29 is 9.53 Å². The topological polar surface area (TPSA) is 50.7 Å². The Morgan fingerprint density at radius 2 is 1.79 bits per heavy atom. The number of hydrogen-bond donors (Lipinski definition) is 1. The molecule has 4 heteroatoms. The zero-order chi connectivity index (χ0) is 17.6. The molecule has 0 bridgehead atoms. The molecule has 0 atom stereocenters. The first-order valence-corrected chi connectivity index (χ1v) is 8.07. The Labute approximate surface area is 143 Å². The van der Waals surface area contributed by atoms with Crippen molar-refractivity contribution in [2.24, 2.45) is 5.10 Å². The molecule has 2 rings (SSSR count). The van der Waals surface area contributed by atoms with E-state index in [0.29, 0.717) is 12.2 Å². The maximum absolute atomic E-state index is 12.2. The van der Waals surface area contributed by atoms with E-state index in [9.17, 15) is 4.79 Å². The predicted molar refractivity (Wildman–Crippen MR) is 97.8 cm³/mol. The Morgan fingerprint density at radius 3 is 2.42 bits per heavy atom. The van der Waals surface area contributed by atoms with Crippen molar-refractivity contribution in [2.75, 3.05) is 6.61 Å². The molecule has 0 unspecified atom stereocenters. The minimum Gasteiger partial charge on any atom is -0.493 e. The Bertz CT molecular complexity index is 713. The minimum atomic E-state index is -0.236. The summed E-state index contributed by atoms with van der Waals surface area (Å²) in [5, 5.41) is 4.03. The van der Waals surface area contributed by atoms with Crippen LogP contribution in [0.2, 0.25) is 0 Å². The molecule has 0 aliphatic carbocycles. The molecule has 4 nitrogen and oxygen atoms in total. The second-order valence-corrected chi connectivity index (χ2v) is 6.50. The van der Waals surface area contributed by atoms with Gasteiger partial charge in [-0.05, 0) is 42.2 Å². The van der Waals surface area contributed by atoms with Gasteiger partial charge in [0, 0.05) is 11.1 Å². The molecular formula is C20H24N2O2. The summed E-state index contributed by atoms with van der Waals surface area (Å²) in [6.07, 6.45) is 1.59. The van der Waals surface area contributed by atoms with Crippen molar-refractivity contribution in [3.05, 3.63) is 65.2 Å².